The first-order valence-corrected chi connectivity index (χ1v) is 9.63. The van der Waals surface area contributed by atoms with Crippen LogP contribution in [0, 0.1) is 5.82 Å². The maximum atomic E-state index is 13.7. The van der Waals surface area contributed by atoms with E-state index < -0.39 is 11.4 Å². The number of hydrogen-bond acceptors (Lipinski definition) is 4. The molecule has 2 aliphatic heterocycles. The van der Waals surface area contributed by atoms with E-state index in [0.717, 1.165) is 5.69 Å². The highest BCUT2D eigenvalue weighted by Crippen LogP contribution is 2.33. The molecule has 0 atom stereocenters. The number of amides is 2. The summed E-state index contributed by atoms with van der Waals surface area (Å²) in [7, 11) is 1.46. The fraction of sp³-hybridized carbons (Fsp3) is 0.364. The van der Waals surface area contributed by atoms with Gasteiger partial charge < -0.3 is 19.3 Å². The smallest absolute Gasteiger partial charge is 0.257 e. The normalized spacial score (nSPS) is 18.8. The summed E-state index contributed by atoms with van der Waals surface area (Å²) in [5.41, 5.74) is 0.587. The number of methoxy groups -OCH3 is 1. The number of rotatable bonds is 3. The Morgan fingerprint density at radius 3 is 2.55 bits per heavy atom. The van der Waals surface area contributed by atoms with Crippen LogP contribution >= 0.6 is 0 Å². The zero-order chi connectivity index (χ0) is 20.4. The first-order chi connectivity index (χ1) is 14.0. The van der Waals surface area contributed by atoms with Crippen LogP contribution in [0.2, 0.25) is 0 Å². The number of carbonyl (C=O) groups excluding carboxylic acids is 2. The molecule has 7 heteroatoms. The van der Waals surface area contributed by atoms with Crippen molar-refractivity contribution in [2.24, 2.45) is 0 Å². The minimum Gasteiger partial charge on any atom is -0.496 e. The van der Waals surface area contributed by atoms with Gasteiger partial charge in [-0.25, -0.2) is 4.39 Å². The number of para-hydroxylation sites is 1. The molecule has 0 saturated carbocycles. The average molecular weight is 398 g/mol. The Balaban J connectivity index is 1.47. The summed E-state index contributed by atoms with van der Waals surface area (Å²) in [6, 6.07) is 13.5. The molecule has 29 heavy (non-hydrogen) atoms. The van der Waals surface area contributed by atoms with E-state index in [0.29, 0.717) is 38.2 Å². The lowest BCUT2D eigenvalue weighted by atomic mass is 9.88. The lowest BCUT2D eigenvalue weighted by molar-refractivity contribution is -0.143. The predicted octanol–water partition coefficient (Wildman–Crippen LogP) is 2.87. The van der Waals surface area contributed by atoms with Crippen LogP contribution in [-0.2, 0) is 9.53 Å². The Morgan fingerprint density at radius 1 is 1.14 bits per heavy atom. The van der Waals surface area contributed by atoms with Crippen molar-refractivity contribution in [2.75, 3.05) is 38.3 Å². The van der Waals surface area contributed by atoms with Crippen molar-refractivity contribution in [2.45, 2.75) is 18.4 Å². The third-order valence-electron chi connectivity index (χ3n) is 5.67. The van der Waals surface area contributed by atoms with E-state index in [4.69, 9.17) is 9.47 Å². The maximum Gasteiger partial charge on any atom is 0.257 e. The second-order valence-electron chi connectivity index (χ2n) is 7.42. The van der Waals surface area contributed by atoms with Crippen molar-refractivity contribution >= 4 is 17.5 Å². The van der Waals surface area contributed by atoms with Gasteiger partial charge in [-0.15, -0.1) is 0 Å². The van der Waals surface area contributed by atoms with Gasteiger partial charge in [0.15, 0.2) is 0 Å². The molecule has 1 spiro atoms. The Kier molecular flexibility index (Phi) is 5.24. The number of ether oxygens (including phenoxy) is 2. The van der Waals surface area contributed by atoms with Gasteiger partial charge in [0.2, 0.25) is 0 Å². The number of hydrogen-bond donors (Lipinski definition) is 0. The van der Waals surface area contributed by atoms with Gasteiger partial charge in [0.1, 0.15) is 18.2 Å². The van der Waals surface area contributed by atoms with E-state index in [1.54, 1.807) is 9.80 Å². The van der Waals surface area contributed by atoms with Crippen molar-refractivity contribution in [3.8, 4) is 5.75 Å². The van der Waals surface area contributed by atoms with Gasteiger partial charge in [0.05, 0.1) is 24.8 Å². The molecule has 6 nitrogen and oxygen atoms in total. The number of likely N-dealkylation sites (tertiary alicyclic amines) is 1. The lowest BCUT2D eigenvalue weighted by Crippen LogP contribution is -2.59. The van der Waals surface area contributed by atoms with E-state index in [1.807, 2.05) is 30.3 Å². The van der Waals surface area contributed by atoms with E-state index in [9.17, 15) is 14.0 Å². The molecule has 0 N–H and O–H groups in total. The largest absolute Gasteiger partial charge is 0.496 e. The zero-order valence-electron chi connectivity index (χ0n) is 16.3. The monoisotopic (exact) mass is 398 g/mol. The van der Waals surface area contributed by atoms with Crippen LogP contribution in [0.15, 0.2) is 48.5 Å². The van der Waals surface area contributed by atoms with Gasteiger partial charge in [-0.2, -0.15) is 0 Å². The van der Waals surface area contributed by atoms with Crippen molar-refractivity contribution in [1.82, 2.24) is 4.90 Å². The number of halogens is 1. The first kappa shape index (κ1) is 19.4. The van der Waals surface area contributed by atoms with Crippen LogP contribution in [0.3, 0.4) is 0 Å². The third-order valence-corrected chi connectivity index (χ3v) is 5.67. The number of benzene rings is 2. The van der Waals surface area contributed by atoms with Gasteiger partial charge >= 0.3 is 0 Å². The van der Waals surface area contributed by atoms with Crippen LogP contribution < -0.4 is 9.64 Å². The molecule has 2 aromatic rings. The second-order valence-corrected chi connectivity index (χ2v) is 7.42. The molecule has 2 aliphatic rings. The average Bonchev–Trinajstić information content (AvgIpc) is 2.76. The molecule has 0 unspecified atom stereocenters. The fourth-order valence-electron chi connectivity index (χ4n) is 4.00. The first-order valence-electron chi connectivity index (χ1n) is 9.63. The highest BCUT2D eigenvalue weighted by atomic mass is 19.1. The fourth-order valence-corrected chi connectivity index (χ4v) is 4.00. The van der Waals surface area contributed by atoms with Gasteiger partial charge in [0, 0.05) is 18.8 Å². The number of carbonyl (C=O) groups is 2. The highest BCUT2D eigenvalue weighted by molar-refractivity contribution is 5.97. The summed E-state index contributed by atoms with van der Waals surface area (Å²) in [6.45, 7) is 1.42. The molecule has 152 valence electrons. The number of nitrogens with zero attached hydrogens (tertiary/aromatic N) is 2. The quantitative estimate of drug-likeness (QED) is 0.798. The molecular formula is C22H23FN2O4. The minimum atomic E-state index is -0.480. The lowest BCUT2D eigenvalue weighted by Gasteiger charge is -2.47. The van der Waals surface area contributed by atoms with E-state index in [-0.39, 0.29) is 24.0 Å². The van der Waals surface area contributed by atoms with Gasteiger partial charge in [-0.05, 0) is 43.2 Å². The topological polar surface area (TPSA) is 59.1 Å². The Labute approximate surface area is 168 Å². The molecule has 2 saturated heterocycles. The van der Waals surface area contributed by atoms with E-state index >= 15 is 0 Å². The third kappa shape index (κ3) is 3.82. The zero-order valence-corrected chi connectivity index (χ0v) is 16.3. The molecule has 0 bridgehead atoms. The Morgan fingerprint density at radius 2 is 1.86 bits per heavy atom. The maximum absolute atomic E-state index is 13.7. The molecule has 2 amide bonds. The van der Waals surface area contributed by atoms with Gasteiger partial charge in [-0.3, -0.25) is 9.59 Å². The summed E-state index contributed by atoms with van der Waals surface area (Å²) < 4.78 is 24.8. The summed E-state index contributed by atoms with van der Waals surface area (Å²) in [4.78, 5) is 28.7. The SMILES string of the molecule is COc1ccc(F)cc1C(=O)N1CCC2(CC1)CN(c1ccccc1)C(=O)CO2. The van der Waals surface area contributed by atoms with Crippen molar-refractivity contribution in [1.29, 1.82) is 0 Å². The molecular weight excluding hydrogens is 375 g/mol. The minimum absolute atomic E-state index is 0.0283. The Bertz CT molecular complexity index is 910. The van der Waals surface area contributed by atoms with Crippen molar-refractivity contribution < 1.29 is 23.5 Å². The summed E-state index contributed by atoms with van der Waals surface area (Å²) >= 11 is 0. The van der Waals surface area contributed by atoms with E-state index in [1.165, 1.54) is 25.3 Å². The second kappa shape index (κ2) is 7.83. The van der Waals surface area contributed by atoms with E-state index in [2.05, 4.69) is 0 Å². The van der Waals surface area contributed by atoms with Gasteiger partial charge in [-0.1, -0.05) is 18.2 Å². The Hall–Kier alpha value is -2.93. The number of piperidine rings is 1. The standard InChI is InChI=1S/C22H23FN2O4/c1-28-19-8-7-16(23)13-18(19)21(27)24-11-9-22(10-12-24)15-25(20(26)14-29-22)17-5-3-2-4-6-17/h2-8,13H,9-12,14-15H2,1H3. The number of morpholine rings is 1. The molecule has 2 heterocycles. The predicted molar refractivity (Wildman–Crippen MR) is 106 cm³/mol. The van der Waals surface area contributed by atoms with Crippen LogP contribution in [-0.4, -0.2) is 55.7 Å². The summed E-state index contributed by atoms with van der Waals surface area (Å²) in [5, 5.41) is 0. The number of anilines is 1. The van der Waals surface area contributed by atoms with Crippen LogP contribution in [0.1, 0.15) is 23.2 Å². The summed E-state index contributed by atoms with van der Waals surface area (Å²) in [6.07, 6.45) is 1.21. The van der Waals surface area contributed by atoms with Gasteiger partial charge in [0.25, 0.3) is 11.8 Å². The molecule has 0 aromatic heterocycles. The van der Waals surface area contributed by atoms with Crippen molar-refractivity contribution in [3.63, 3.8) is 0 Å². The molecule has 4 rings (SSSR count). The summed E-state index contributed by atoms with van der Waals surface area (Å²) in [5.74, 6) is -0.449. The highest BCUT2D eigenvalue weighted by Gasteiger charge is 2.43. The molecule has 0 radical (unpaired) electrons. The van der Waals surface area contributed by atoms with Crippen LogP contribution in [0.5, 0.6) is 5.75 Å². The molecule has 2 aromatic carbocycles. The van der Waals surface area contributed by atoms with Crippen molar-refractivity contribution in [3.05, 3.63) is 59.9 Å². The van der Waals surface area contributed by atoms with Crippen LogP contribution in [0.4, 0.5) is 10.1 Å². The van der Waals surface area contributed by atoms with Crippen LogP contribution in [0.25, 0.3) is 0 Å². The molecule has 0 aliphatic carbocycles. The molecule has 2 fully saturated rings.